The van der Waals surface area contributed by atoms with Crippen molar-refractivity contribution in [2.24, 2.45) is 0 Å². The highest BCUT2D eigenvalue weighted by molar-refractivity contribution is 9.09. The van der Waals surface area contributed by atoms with Crippen molar-refractivity contribution in [1.29, 1.82) is 0 Å². The molecule has 1 aromatic carbocycles. The van der Waals surface area contributed by atoms with Gasteiger partial charge in [0.2, 0.25) is 0 Å². The maximum absolute atomic E-state index is 5.64. The zero-order valence-electron chi connectivity index (χ0n) is 8.73. The Bertz CT molecular complexity index is 260. The van der Waals surface area contributed by atoms with E-state index in [9.17, 15) is 0 Å². The van der Waals surface area contributed by atoms with E-state index in [2.05, 4.69) is 48.9 Å². The van der Waals surface area contributed by atoms with Crippen LogP contribution in [-0.2, 0) is 0 Å². The number of nitrogen functional groups attached to an aromatic ring is 1. The van der Waals surface area contributed by atoms with Crippen LogP contribution in [0.25, 0.3) is 0 Å². The third kappa shape index (κ3) is 6.47. The third-order valence-electron chi connectivity index (χ3n) is 1.97. The van der Waals surface area contributed by atoms with Crippen molar-refractivity contribution < 1.29 is 0 Å². The van der Waals surface area contributed by atoms with Gasteiger partial charge in [-0.2, -0.15) is 0 Å². The molecule has 1 rings (SSSR count). The summed E-state index contributed by atoms with van der Waals surface area (Å²) < 4.78 is 0. The minimum absolute atomic E-state index is 0. The molecule has 0 aliphatic heterocycles. The van der Waals surface area contributed by atoms with Gasteiger partial charge in [0.15, 0.2) is 0 Å². The highest BCUT2D eigenvalue weighted by atomic mass is 79.9. The Morgan fingerprint density at radius 2 is 1.38 bits per heavy atom. The zero-order valence-corrected chi connectivity index (χ0v) is 15.3. The quantitative estimate of drug-likeness (QED) is 0.506. The number of hydrogen-bond acceptors (Lipinski definition) is 2. The first-order chi connectivity index (χ1) is 6.77. The largest absolute Gasteiger partial charge is 0.399 e. The molecule has 0 aliphatic rings. The predicted molar refractivity (Wildman–Crippen MR) is 91.3 cm³/mol. The van der Waals surface area contributed by atoms with Crippen LogP contribution in [0.4, 0.5) is 11.4 Å². The van der Waals surface area contributed by atoms with Gasteiger partial charge in [0.1, 0.15) is 0 Å². The Morgan fingerprint density at radius 3 is 1.75 bits per heavy atom. The van der Waals surface area contributed by atoms with E-state index in [4.69, 9.17) is 5.73 Å². The molecule has 0 fully saturated rings. The molecule has 6 heteroatoms. The van der Waals surface area contributed by atoms with Crippen LogP contribution in [0.1, 0.15) is 0 Å². The maximum atomic E-state index is 5.64. The normalized spacial score (nSPS) is 8.88. The Morgan fingerprint density at radius 1 is 0.938 bits per heavy atom. The van der Waals surface area contributed by atoms with Crippen molar-refractivity contribution >= 4 is 77.2 Å². The minimum Gasteiger partial charge on any atom is -0.399 e. The van der Waals surface area contributed by atoms with Gasteiger partial charge in [0, 0.05) is 35.1 Å². The van der Waals surface area contributed by atoms with Gasteiger partial charge < -0.3 is 10.6 Å². The van der Waals surface area contributed by atoms with Gasteiger partial charge in [-0.15, -0.1) is 34.0 Å². The fourth-order valence-corrected chi connectivity index (χ4v) is 2.12. The van der Waals surface area contributed by atoms with E-state index in [-0.39, 0.29) is 34.0 Å². The van der Waals surface area contributed by atoms with Crippen molar-refractivity contribution in [3.05, 3.63) is 24.3 Å². The minimum atomic E-state index is 0. The lowest BCUT2D eigenvalue weighted by atomic mass is 10.2. The van der Waals surface area contributed by atoms with Gasteiger partial charge in [0.25, 0.3) is 0 Å². The summed E-state index contributed by atoms with van der Waals surface area (Å²) in [4.78, 5) is 2.31. The van der Waals surface area contributed by atoms with Crippen molar-refractivity contribution in [3.8, 4) is 0 Å². The fraction of sp³-hybridized carbons (Fsp3) is 0.400. The molecule has 16 heavy (non-hydrogen) atoms. The van der Waals surface area contributed by atoms with Crippen LogP contribution in [0.2, 0.25) is 0 Å². The molecular formula is C10H16Br4N2. The molecule has 0 aliphatic carbocycles. The SMILES string of the molecule is Br.Br.Nc1ccc(N(CCBr)CCBr)cc1. The van der Waals surface area contributed by atoms with Gasteiger partial charge >= 0.3 is 0 Å². The molecule has 0 radical (unpaired) electrons. The molecule has 0 atom stereocenters. The smallest absolute Gasteiger partial charge is 0.0368 e. The Kier molecular flexibility index (Phi) is 13.0. The van der Waals surface area contributed by atoms with E-state index in [1.54, 1.807) is 0 Å². The summed E-state index contributed by atoms with van der Waals surface area (Å²) in [5.41, 5.74) is 7.67. The number of nitrogens with two attached hydrogens (primary N) is 1. The summed E-state index contributed by atoms with van der Waals surface area (Å²) in [5.74, 6) is 0. The number of anilines is 2. The molecule has 0 unspecified atom stereocenters. The molecule has 94 valence electrons. The molecule has 2 nitrogen and oxygen atoms in total. The topological polar surface area (TPSA) is 29.3 Å². The van der Waals surface area contributed by atoms with Crippen LogP contribution < -0.4 is 10.6 Å². The first-order valence-electron chi connectivity index (χ1n) is 4.50. The van der Waals surface area contributed by atoms with Crippen molar-refractivity contribution in [2.75, 3.05) is 34.4 Å². The first-order valence-corrected chi connectivity index (χ1v) is 6.74. The number of halogens is 4. The van der Waals surface area contributed by atoms with Gasteiger partial charge in [-0.05, 0) is 24.3 Å². The van der Waals surface area contributed by atoms with E-state index < -0.39 is 0 Å². The molecule has 0 saturated carbocycles. The molecule has 0 amide bonds. The highest BCUT2D eigenvalue weighted by Gasteiger charge is 2.03. The number of benzene rings is 1. The predicted octanol–water partition coefficient (Wildman–Crippen LogP) is 4.02. The van der Waals surface area contributed by atoms with E-state index in [0.29, 0.717) is 0 Å². The molecular weight excluding hydrogens is 468 g/mol. The van der Waals surface area contributed by atoms with Crippen LogP contribution >= 0.6 is 65.8 Å². The van der Waals surface area contributed by atoms with Gasteiger partial charge in [0.05, 0.1) is 0 Å². The van der Waals surface area contributed by atoms with Crippen LogP contribution in [0, 0.1) is 0 Å². The van der Waals surface area contributed by atoms with Gasteiger partial charge in [-0.3, -0.25) is 0 Å². The lowest BCUT2D eigenvalue weighted by Gasteiger charge is -2.22. The molecule has 2 N–H and O–H groups in total. The second-order valence-electron chi connectivity index (χ2n) is 2.96. The first kappa shape index (κ1) is 19.1. The molecule has 0 heterocycles. The lowest BCUT2D eigenvalue weighted by molar-refractivity contribution is 0.885. The lowest BCUT2D eigenvalue weighted by Crippen LogP contribution is -2.27. The monoisotopic (exact) mass is 480 g/mol. The fourth-order valence-electron chi connectivity index (χ4n) is 1.26. The maximum Gasteiger partial charge on any atom is 0.0368 e. The van der Waals surface area contributed by atoms with Crippen molar-refractivity contribution in [1.82, 2.24) is 0 Å². The summed E-state index contributed by atoms with van der Waals surface area (Å²) in [6, 6.07) is 7.98. The second kappa shape index (κ2) is 10.9. The molecule has 0 aromatic heterocycles. The third-order valence-corrected chi connectivity index (χ3v) is 2.68. The van der Waals surface area contributed by atoms with Gasteiger partial charge in [-0.25, -0.2) is 0 Å². The summed E-state index contributed by atoms with van der Waals surface area (Å²) in [7, 11) is 0. The van der Waals surface area contributed by atoms with Crippen LogP contribution in [0.5, 0.6) is 0 Å². The van der Waals surface area contributed by atoms with Gasteiger partial charge in [-0.1, -0.05) is 31.9 Å². The van der Waals surface area contributed by atoms with Crippen molar-refractivity contribution in [3.63, 3.8) is 0 Å². The Balaban J connectivity index is 0. The van der Waals surface area contributed by atoms with E-state index in [1.807, 2.05) is 12.1 Å². The highest BCUT2D eigenvalue weighted by Crippen LogP contribution is 2.16. The molecule has 0 spiro atoms. The number of alkyl halides is 2. The zero-order chi connectivity index (χ0) is 10.4. The van der Waals surface area contributed by atoms with E-state index in [1.165, 1.54) is 5.69 Å². The van der Waals surface area contributed by atoms with E-state index in [0.717, 1.165) is 29.4 Å². The van der Waals surface area contributed by atoms with Crippen LogP contribution in [0.3, 0.4) is 0 Å². The van der Waals surface area contributed by atoms with E-state index >= 15 is 0 Å². The van der Waals surface area contributed by atoms with Crippen LogP contribution in [0.15, 0.2) is 24.3 Å². The number of rotatable bonds is 5. The summed E-state index contributed by atoms with van der Waals surface area (Å²) in [5, 5.41) is 1.95. The Hall–Kier alpha value is 0.740. The summed E-state index contributed by atoms with van der Waals surface area (Å²) in [6.45, 7) is 2.02. The average molecular weight is 484 g/mol. The second-order valence-corrected chi connectivity index (χ2v) is 4.54. The van der Waals surface area contributed by atoms with Crippen LogP contribution in [-0.4, -0.2) is 23.7 Å². The molecule has 0 bridgehead atoms. The number of nitrogens with zero attached hydrogens (tertiary/aromatic N) is 1. The standard InChI is InChI=1S/C10H14Br2N2.2BrH/c11-5-7-14(8-6-12)10-3-1-9(13)2-4-10;;/h1-4H,5-8,13H2;2*1H. The molecule has 0 saturated heterocycles. The Labute approximate surface area is 135 Å². The number of hydrogen-bond donors (Lipinski definition) is 1. The van der Waals surface area contributed by atoms with Crippen molar-refractivity contribution in [2.45, 2.75) is 0 Å². The summed E-state index contributed by atoms with van der Waals surface area (Å²) >= 11 is 6.90. The average Bonchev–Trinajstić information content (AvgIpc) is 2.19. The molecule has 1 aromatic rings. The summed E-state index contributed by atoms with van der Waals surface area (Å²) in [6.07, 6.45) is 0.